The number of aryl methyl sites for hydroxylation is 1. The van der Waals surface area contributed by atoms with Gasteiger partial charge in [0, 0.05) is 19.4 Å². The zero-order valence-electron chi connectivity index (χ0n) is 13.5. The van der Waals surface area contributed by atoms with Crippen molar-refractivity contribution in [1.29, 1.82) is 0 Å². The Hall–Kier alpha value is -2.86. The molecule has 0 fully saturated rings. The van der Waals surface area contributed by atoms with Crippen molar-refractivity contribution in [3.8, 4) is 5.82 Å². The molecule has 0 saturated heterocycles. The molecular formula is C18H20N4O2. The minimum atomic E-state index is -0.349. The Kier molecular flexibility index (Phi) is 4.77. The van der Waals surface area contributed by atoms with Crippen molar-refractivity contribution in [2.24, 2.45) is 7.05 Å². The lowest BCUT2D eigenvalue weighted by atomic mass is 10.1. The first-order valence-electron chi connectivity index (χ1n) is 7.80. The normalized spacial score (nSPS) is 12.1. The number of amides is 1. The maximum Gasteiger partial charge on any atom is 0.257 e. The average molecular weight is 324 g/mol. The van der Waals surface area contributed by atoms with Crippen LogP contribution in [0.5, 0.6) is 0 Å². The standard InChI is InChI=1S/C18H20N4O2/c1-21-18(22-9-5-6-10-22)16(12-19-21)17(24)20-15(13-23)11-14-7-3-2-4-8-14/h2-10,12,15,23H,11,13H2,1H3,(H,20,24)/t15-/m0/s1. The molecule has 0 bridgehead atoms. The van der Waals surface area contributed by atoms with Crippen LogP contribution in [-0.4, -0.2) is 38.0 Å². The summed E-state index contributed by atoms with van der Waals surface area (Å²) in [5.41, 5.74) is 1.54. The van der Waals surface area contributed by atoms with Crippen LogP contribution >= 0.6 is 0 Å². The van der Waals surface area contributed by atoms with Gasteiger partial charge in [0.2, 0.25) is 0 Å². The number of aliphatic hydroxyl groups is 1. The zero-order valence-corrected chi connectivity index (χ0v) is 13.5. The lowest BCUT2D eigenvalue weighted by Crippen LogP contribution is -2.39. The smallest absolute Gasteiger partial charge is 0.257 e. The largest absolute Gasteiger partial charge is 0.394 e. The number of hydrogen-bond acceptors (Lipinski definition) is 3. The van der Waals surface area contributed by atoms with E-state index in [1.54, 1.807) is 17.9 Å². The Bertz CT molecular complexity index is 794. The summed E-state index contributed by atoms with van der Waals surface area (Å²) in [7, 11) is 1.79. The van der Waals surface area contributed by atoms with Crippen molar-refractivity contribution in [3.05, 3.63) is 72.2 Å². The van der Waals surface area contributed by atoms with Crippen LogP contribution in [0.1, 0.15) is 15.9 Å². The quantitative estimate of drug-likeness (QED) is 0.722. The van der Waals surface area contributed by atoms with Crippen molar-refractivity contribution in [3.63, 3.8) is 0 Å². The van der Waals surface area contributed by atoms with Crippen LogP contribution in [0, 0.1) is 0 Å². The fourth-order valence-corrected chi connectivity index (χ4v) is 2.70. The number of rotatable bonds is 6. The summed E-state index contributed by atoms with van der Waals surface area (Å²) in [6, 6.07) is 13.2. The molecule has 3 rings (SSSR count). The van der Waals surface area contributed by atoms with E-state index in [-0.39, 0.29) is 18.6 Å². The van der Waals surface area contributed by atoms with E-state index in [2.05, 4.69) is 10.4 Å². The second-order valence-electron chi connectivity index (χ2n) is 5.64. The molecule has 6 nitrogen and oxygen atoms in total. The summed E-state index contributed by atoms with van der Waals surface area (Å²) < 4.78 is 3.49. The van der Waals surface area contributed by atoms with Crippen molar-refractivity contribution in [2.45, 2.75) is 12.5 Å². The van der Waals surface area contributed by atoms with Crippen molar-refractivity contribution in [2.75, 3.05) is 6.61 Å². The molecule has 0 spiro atoms. The van der Waals surface area contributed by atoms with Gasteiger partial charge in [-0.3, -0.25) is 9.48 Å². The average Bonchev–Trinajstić information content (AvgIpc) is 3.24. The van der Waals surface area contributed by atoms with Crippen LogP contribution < -0.4 is 5.32 Å². The van der Waals surface area contributed by atoms with Crippen LogP contribution in [0.15, 0.2) is 61.1 Å². The maximum absolute atomic E-state index is 12.6. The van der Waals surface area contributed by atoms with Gasteiger partial charge in [0.1, 0.15) is 11.4 Å². The van der Waals surface area contributed by atoms with Gasteiger partial charge >= 0.3 is 0 Å². The number of nitrogens with zero attached hydrogens (tertiary/aromatic N) is 3. The van der Waals surface area contributed by atoms with Crippen LogP contribution in [0.3, 0.4) is 0 Å². The molecule has 0 aliphatic heterocycles. The van der Waals surface area contributed by atoms with Crippen LogP contribution in [-0.2, 0) is 13.5 Å². The molecule has 2 aromatic heterocycles. The highest BCUT2D eigenvalue weighted by molar-refractivity contribution is 5.97. The van der Waals surface area contributed by atoms with Gasteiger partial charge in [0.25, 0.3) is 5.91 Å². The first-order chi connectivity index (χ1) is 11.7. The third kappa shape index (κ3) is 3.38. The molecule has 6 heteroatoms. The predicted molar refractivity (Wildman–Crippen MR) is 91.0 cm³/mol. The molecule has 24 heavy (non-hydrogen) atoms. The summed E-state index contributed by atoms with van der Waals surface area (Å²) in [6.45, 7) is -0.125. The fourth-order valence-electron chi connectivity index (χ4n) is 2.70. The molecule has 0 aliphatic rings. The highest BCUT2D eigenvalue weighted by Crippen LogP contribution is 2.14. The topological polar surface area (TPSA) is 72.1 Å². The molecule has 1 amide bonds. The Morgan fingerprint density at radius 1 is 1.21 bits per heavy atom. The minimum Gasteiger partial charge on any atom is -0.394 e. The second-order valence-corrected chi connectivity index (χ2v) is 5.64. The summed E-state index contributed by atoms with van der Waals surface area (Å²) in [5.74, 6) is 0.440. The van der Waals surface area contributed by atoms with E-state index in [0.29, 0.717) is 17.8 Å². The molecule has 1 aromatic carbocycles. The number of aromatic nitrogens is 3. The molecule has 0 radical (unpaired) electrons. The van der Waals surface area contributed by atoms with E-state index in [4.69, 9.17) is 0 Å². The number of hydrogen-bond donors (Lipinski definition) is 2. The number of carbonyl (C=O) groups excluding carboxylic acids is 1. The number of carbonyl (C=O) groups is 1. The minimum absolute atomic E-state index is 0.125. The van der Waals surface area contributed by atoms with E-state index in [9.17, 15) is 9.90 Å². The Balaban J connectivity index is 1.77. The van der Waals surface area contributed by atoms with Gasteiger partial charge in [-0.05, 0) is 24.1 Å². The summed E-state index contributed by atoms with van der Waals surface area (Å²) >= 11 is 0. The third-order valence-electron chi connectivity index (χ3n) is 3.88. The van der Waals surface area contributed by atoms with E-state index in [0.717, 1.165) is 5.56 Å². The monoisotopic (exact) mass is 324 g/mol. The number of aliphatic hydroxyl groups excluding tert-OH is 1. The van der Waals surface area contributed by atoms with Crippen LogP contribution in [0.4, 0.5) is 0 Å². The summed E-state index contributed by atoms with van der Waals surface area (Å²) in [5, 5.41) is 16.7. The number of nitrogens with one attached hydrogen (secondary N) is 1. The third-order valence-corrected chi connectivity index (χ3v) is 3.88. The van der Waals surface area contributed by atoms with Gasteiger partial charge in [0.15, 0.2) is 0 Å². The highest BCUT2D eigenvalue weighted by Gasteiger charge is 2.20. The Labute approximate surface area is 140 Å². The second kappa shape index (κ2) is 7.14. The first-order valence-corrected chi connectivity index (χ1v) is 7.80. The molecule has 3 aromatic rings. The summed E-state index contributed by atoms with van der Waals surface area (Å²) in [6.07, 6.45) is 5.84. The molecular weight excluding hydrogens is 304 g/mol. The molecule has 2 heterocycles. The van der Waals surface area contributed by atoms with E-state index < -0.39 is 0 Å². The molecule has 0 unspecified atom stereocenters. The molecule has 0 saturated carbocycles. The van der Waals surface area contributed by atoms with Gasteiger partial charge in [-0.1, -0.05) is 30.3 Å². The van der Waals surface area contributed by atoms with Crippen LogP contribution in [0.25, 0.3) is 5.82 Å². The van der Waals surface area contributed by atoms with E-state index in [1.165, 1.54) is 0 Å². The lowest BCUT2D eigenvalue weighted by molar-refractivity contribution is 0.0916. The summed E-state index contributed by atoms with van der Waals surface area (Å²) in [4.78, 5) is 12.6. The van der Waals surface area contributed by atoms with Gasteiger partial charge in [0.05, 0.1) is 18.8 Å². The van der Waals surface area contributed by atoms with Gasteiger partial charge in [-0.25, -0.2) is 0 Å². The van der Waals surface area contributed by atoms with Crippen LogP contribution in [0.2, 0.25) is 0 Å². The van der Waals surface area contributed by atoms with Gasteiger partial charge in [-0.15, -0.1) is 0 Å². The lowest BCUT2D eigenvalue weighted by Gasteiger charge is -2.17. The number of benzene rings is 1. The molecule has 2 N–H and O–H groups in total. The Morgan fingerprint density at radius 3 is 2.58 bits per heavy atom. The van der Waals surface area contributed by atoms with E-state index in [1.807, 2.05) is 59.4 Å². The Morgan fingerprint density at radius 2 is 1.92 bits per heavy atom. The maximum atomic E-state index is 12.6. The first kappa shape index (κ1) is 16.0. The molecule has 0 aliphatic carbocycles. The van der Waals surface area contributed by atoms with Crippen molar-refractivity contribution >= 4 is 5.91 Å². The fraction of sp³-hybridized carbons (Fsp3) is 0.222. The SMILES string of the molecule is Cn1ncc(C(=O)N[C@H](CO)Cc2ccccc2)c1-n1cccc1. The predicted octanol–water partition coefficient (Wildman–Crippen LogP) is 1.54. The molecule has 124 valence electrons. The highest BCUT2D eigenvalue weighted by atomic mass is 16.3. The van der Waals surface area contributed by atoms with E-state index >= 15 is 0 Å². The zero-order chi connectivity index (χ0) is 16.9. The molecule has 1 atom stereocenters. The van der Waals surface area contributed by atoms with Crippen molar-refractivity contribution < 1.29 is 9.90 Å². The van der Waals surface area contributed by atoms with Gasteiger partial charge in [-0.2, -0.15) is 5.10 Å². The van der Waals surface area contributed by atoms with Crippen molar-refractivity contribution in [1.82, 2.24) is 19.7 Å². The van der Waals surface area contributed by atoms with Gasteiger partial charge < -0.3 is 15.0 Å².